The van der Waals surface area contributed by atoms with Crippen LogP contribution in [0.3, 0.4) is 0 Å². The van der Waals surface area contributed by atoms with Gasteiger partial charge in [-0.3, -0.25) is 9.59 Å². The van der Waals surface area contributed by atoms with Crippen molar-refractivity contribution in [1.82, 2.24) is 0 Å². The molecule has 3 atom stereocenters. The lowest BCUT2D eigenvalue weighted by Crippen LogP contribution is -2.26. The molecule has 0 N–H and O–H groups in total. The summed E-state index contributed by atoms with van der Waals surface area (Å²) in [5.74, 6) is 0.538. The minimum Gasteiger partial charge on any atom is -0.468 e. The predicted molar refractivity (Wildman–Crippen MR) is 95.7 cm³/mol. The highest BCUT2D eigenvalue weighted by atomic mass is 16.7. The Kier molecular flexibility index (Phi) is 3.89. The fraction of sp³-hybridized carbons (Fsp3) is 0.333. The topological polar surface area (TPSA) is 80.3 Å². The Morgan fingerprint density at radius 3 is 2.11 bits per heavy atom. The highest BCUT2D eigenvalue weighted by molar-refractivity contribution is 6.02. The van der Waals surface area contributed by atoms with E-state index >= 15 is 0 Å². The first-order valence-electron chi connectivity index (χ1n) is 9.05. The second-order valence-corrected chi connectivity index (χ2v) is 7.03. The average Bonchev–Trinajstić information content (AvgIpc) is 3.43. The number of hydrogen-bond donors (Lipinski definition) is 0. The Hall–Kier alpha value is -3.22. The lowest BCUT2D eigenvalue weighted by molar-refractivity contribution is -0.148. The molecular formula is C21H18O7. The zero-order valence-corrected chi connectivity index (χ0v) is 15.2. The van der Waals surface area contributed by atoms with Gasteiger partial charge in [0, 0.05) is 12.3 Å². The quantitative estimate of drug-likeness (QED) is 0.596. The molecule has 144 valence electrons. The molecule has 0 bridgehead atoms. The molecule has 28 heavy (non-hydrogen) atoms. The highest BCUT2D eigenvalue weighted by Gasteiger charge is 2.49. The van der Waals surface area contributed by atoms with Crippen molar-refractivity contribution < 1.29 is 33.3 Å². The monoisotopic (exact) mass is 382 g/mol. The Morgan fingerprint density at radius 2 is 1.46 bits per heavy atom. The van der Waals surface area contributed by atoms with Crippen LogP contribution in [0.25, 0.3) is 0 Å². The van der Waals surface area contributed by atoms with Gasteiger partial charge < -0.3 is 23.7 Å². The molecule has 2 aromatic rings. The molecule has 2 aromatic carbocycles. The maximum absolute atomic E-state index is 12.8. The van der Waals surface area contributed by atoms with Crippen LogP contribution in [0.4, 0.5) is 0 Å². The standard InChI is InChI=1S/C21H18O7/c1-24-21(23)20-14(22)8-13(11-2-4-15-17(6-11)27-9-25-15)19(20)12-3-5-16-18(7-12)28-10-26-16/h2-7,13,19-20H,8-10H2,1H3/t13-,19-,20-/m1/s1. The minimum absolute atomic E-state index is 0.128. The van der Waals surface area contributed by atoms with Gasteiger partial charge in [-0.25, -0.2) is 0 Å². The van der Waals surface area contributed by atoms with Crippen LogP contribution < -0.4 is 18.9 Å². The van der Waals surface area contributed by atoms with Crippen LogP contribution in [0.1, 0.15) is 29.4 Å². The third-order valence-corrected chi connectivity index (χ3v) is 5.62. The molecule has 2 aliphatic heterocycles. The molecule has 1 fully saturated rings. The summed E-state index contributed by atoms with van der Waals surface area (Å²) in [6, 6.07) is 11.2. The summed E-state index contributed by atoms with van der Waals surface area (Å²) >= 11 is 0. The molecule has 0 amide bonds. The lowest BCUT2D eigenvalue weighted by Gasteiger charge is -2.24. The van der Waals surface area contributed by atoms with Crippen molar-refractivity contribution in [1.29, 1.82) is 0 Å². The second kappa shape index (κ2) is 6.44. The van der Waals surface area contributed by atoms with Crippen molar-refractivity contribution in [2.75, 3.05) is 20.7 Å². The van der Waals surface area contributed by atoms with Crippen molar-refractivity contribution in [3.05, 3.63) is 47.5 Å². The molecule has 0 radical (unpaired) electrons. The zero-order chi connectivity index (χ0) is 19.3. The molecule has 1 saturated carbocycles. The largest absolute Gasteiger partial charge is 0.468 e. The number of rotatable bonds is 3. The minimum atomic E-state index is -0.860. The van der Waals surface area contributed by atoms with Crippen LogP contribution >= 0.6 is 0 Å². The summed E-state index contributed by atoms with van der Waals surface area (Å²) in [4.78, 5) is 25.3. The SMILES string of the molecule is COC(=O)[C@@H]1C(=O)C[C@H](c2ccc3c(c2)OCO3)[C@H]1c1ccc2c(c1)OCO2. The van der Waals surface area contributed by atoms with E-state index in [1.165, 1.54) is 7.11 Å². The van der Waals surface area contributed by atoms with E-state index < -0.39 is 11.9 Å². The first-order valence-corrected chi connectivity index (χ1v) is 9.05. The molecule has 0 spiro atoms. The van der Waals surface area contributed by atoms with E-state index in [0.29, 0.717) is 23.0 Å². The van der Waals surface area contributed by atoms with E-state index in [1.54, 1.807) is 0 Å². The number of ketones is 1. The molecule has 1 aliphatic carbocycles. The van der Waals surface area contributed by atoms with E-state index in [4.69, 9.17) is 23.7 Å². The number of hydrogen-bond acceptors (Lipinski definition) is 7. The lowest BCUT2D eigenvalue weighted by atomic mass is 9.79. The van der Waals surface area contributed by atoms with Gasteiger partial charge in [0.05, 0.1) is 7.11 Å². The number of Topliss-reactive ketones (excluding diaryl/α,β-unsaturated/α-hetero) is 1. The molecule has 0 saturated heterocycles. The second-order valence-electron chi connectivity index (χ2n) is 7.03. The highest BCUT2D eigenvalue weighted by Crippen LogP contribution is 2.51. The summed E-state index contributed by atoms with van der Waals surface area (Å²) in [6.07, 6.45) is 0.249. The van der Waals surface area contributed by atoms with E-state index in [1.807, 2.05) is 36.4 Å². The van der Waals surface area contributed by atoms with Crippen LogP contribution in [0, 0.1) is 5.92 Å². The van der Waals surface area contributed by atoms with E-state index in [0.717, 1.165) is 11.1 Å². The van der Waals surface area contributed by atoms with Gasteiger partial charge >= 0.3 is 5.97 Å². The summed E-state index contributed by atoms with van der Waals surface area (Å²) in [7, 11) is 1.31. The Balaban J connectivity index is 1.59. The number of fused-ring (bicyclic) bond motifs is 2. The fourth-order valence-electron chi connectivity index (χ4n) is 4.32. The number of carbonyl (C=O) groups excluding carboxylic acids is 2. The summed E-state index contributed by atoms with van der Waals surface area (Å²) in [6.45, 7) is 0.340. The zero-order valence-electron chi connectivity index (χ0n) is 15.2. The number of carbonyl (C=O) groups is 2. The Bertz CT molecular complexity index is 967. The summed E-state index contributed by atoms with van der Waals surface area (Å²) in [5, 5.41) is 0. The smallest absolute Gasteiger partial charge is 0.316 e. The Labute approximate surface area is 161 Å². The summed E-state index contributed by atoms with van der Waals surface area (Å²) < 4.78 is 26.7. The predicted octanol–water partition coefficient (Wildman–Crippen LogP) is 2.77. The molecule has 7 heteroatoms. The normalized spacial score (nSPS) is 24.5. The van der Waals surface area contributed by atoms with Crippen LogP contribution in [0.15, 0.2) is 36.4 Å². The molecule has 5 rings (SSSR count). The molecule has 3 aliphatic rings. The van der Waals surface area contributed by atoms with Gasteiger partial charge in [0.25, 0.3) is 0 Å². The first kappa shape index (κ1) is 16.9. The van der Waals surface area contributed by atoms with E-state index in [-0.39, 0.29) is 37.6 Å². The number of methoxy groups -OCH3 is 1. The van der Waals surface area contributed by atoms with Gasteiger partial charge in [0.2, 0.25) is 13.6 Å². The third kappa shape index (κ3) is 2.58. The Morgan fingerprint density at radius 1 is 0.893 bits per heavy atom. The van der Waals surface area contributed by atoms with Gasteiger partial charge in [-0.15, -0.1) is 0 Å². The van der Waals surface area contributed by atoms with Crippen molar-refractivity contribution in [3.8, 4) is 23.0 Å². The number of benzene rings is 2. The average molecular weight is 382 g/mol. The van der Waals surface area contributed by atoms with Crippen LogP contribution in [0.2, 0.25) is 0 Å². The maximum atomic E-state index is 12.8. The van der Waals surface area contributed by atoms with Gasteiger partial charge in [-0.05, 0) is 41.3 Å². The van der Waals surface area contributed by atoms with Gasteiger partial charge in [0.15, 0.2) is 23.0 Å². The fourth-order valence-corrected chi connectivity index (χ4v) is 4.32. The molecule has 0 aromatic heterocycles. The number of esters is 1. The van der Waals surface area contributed by atoms with Crippen molar-refractivity contribution in [3.63, 3.8) is 0 Å². The van der Waals surface area contributed by atoms with Crippen LogP contribution in [-0.4, -0.2) is 32.4 Å². The maximum Gasteiger partial charge on any atom is 0.316 e. The van der Waals surface area contributed by atoms with Gasteiger partial charge in [0.1, 0.15) is 11.7 Å². The van der Waals surface area contributed by atoms with Gasteiger partial charge in [-0.1, -0.05) is 12.1 Å². The van der Waals surface area contributed by atoms with Gasteiger partial charge in [-0.2, -0.15) is 0 Å². The van der Waals surface area contributed by atoms with E-state index in [9.17, 15) is 9.59 Å². The molecule has 7 nitrogen and oxygen atoms in total. The molecule has 2 heterocycles. The third-order valence-electron chi connectivity index (χ3n) is 5.62. The number of ether oxygens (including phenoxy) is 5. The van der Waals surface area contributed by atoms with Crippen molar-refractivity contribution in [2.24, 2.45) is 5.92 Å². The van der Waals surface area contributed by atoms with Crippen LogP contribution in [-0.2, 0) is 14.3 Å². The summed E-state index contributed by atoms with van der Waals surface area (Å²) in [5.41, 5.74) is 1.76. The van der Waals surface area contributed by atoms with Crippen LogP contribution in [0.5, 0.6) is 23.0 Å². The molecule has 0 unspecified atom stereocenters. The van der Waals surface area contributed by atoms with Crippen molar-refractivity contribution >= 4 is 11.8 Å². The molecular weight excluding hydrogens is 364 g/mol. The van der Waals surface area contributed by atoms with E-state index in [2.05, 4.69) is 0 Å². The van der Waals surface area contributed by atoms with Crippen molar-refractivity contribution in [2.45, 2.75) is 18.3 Å². The first-order chi connectivity index (χ1) is 13.7.